The third-order valence-corrected chi connectivity index (χ3v) is 5.96. The predicted octanol–water partition coefficient (Wildman–Crippen LogP) is 1.21. The van der Waals surface area contributed by atoms with E-state index in [0.717, 1.165) is 19.3 Å². The second-order valence-corrected chi connectivity index (χ2v) is 7.40. The van der Waals surface area contributed by atoms with Crippen LogP contribution in [-0.2, 0) is 14.6 Å². The molecule has 1 aliphatic rings. The Morgan fingerprint density at radius 1 is 1.35 bits per heavy atom. The van der Waals surface area contributed by atoms with Gasteiger partial charge in [-0.25, -0.2) is 8.42 Å². The molecule has 1 saturated carbocycles. The molecule has 3 atom stereocenters. The summed E-state index contributed by atoms with van der Waals surface area (Å²) in [5.74, 6) is 0.762. The number of methoxy groups -OCH3 is 1. The molecule has 0 aromatic carbocycles. The van der Waals surface area contributed by atoms with Crippen LogP contribution < -0.4 is 5.32 Å². The Morgan fingerprint density at radius 3 is 2.65 bits per heavy atom. The fourth-order valence-electron chi connectivity index (χ4n) is 2.61. The number of ether oxygens (including phenoxy) is 1. The van der Waals surface area contributed by atoms with E-state index in [-0.39, 0.29) is 17.0 Å². The minimum Gasteiger partial charge on any atom is -0.385 e. The van der Waals surface area contributed by atoms with Crippen molar-refractivity contribution in [3.63, 3.8) is 0 Å². The lowest BCUT2D eigenvalue weighted by atomic mass is 9.87. The van der Waals surface area contributed by atoms with Crippen LogP contribution in [-0.4, -0.2) is 46.2 Å². The van der Waals surface area contributed by atoms with E-state index >= 15 is 0 Å². The first-order valence-corrected chi connectivity index (χ1v) is 8.10. The molecule has 3 unspecified atom stereocenters. The zero-order chi connectivity index (χ0) is 12.9. The lowest BCUT2D eigenvalue weighted by Crippen LogP contribution is -2.47. The molecule has 5 heteroatoms. The van der Waals surface area contributed by atoms with Crippen molar-refractivity contribution in [2.45, 2.75) is 43.9 Å². The van der Waals surface area contributed by atoms with Crippen molar-refractivity contribution in [2.75, 3.05) is 26.5 Å². The van der Waals surface area contributed by atoms with Gasteiger partial charge >= 0.3 is 0 Å². The Kier molecular flexibility index (Phi) is 5.89. The molecule has 0 saturated heterocycles. The monoisotopic (exact) mass is 263 g/mol. The summed E-state index contributed by atoms with van der Waals surface area (Å²) in [6, 6.07) is 0.124. The predicted molar refractivity (Wildman–Crippen MR) is 69.9 cm³/mol. The highest BCUT2D eigenvalue weighted by molar-refractivity contribution is 7.92. The third-order valence-electron chi connectivity index (χ3n) is 3.66. The van der Waals surface area contributed by atoms with Gasteiger partial charge in [-0.1, -0.05) is 6.92 Å². The SMILES string of the molecule is CNC1CCC(C)CC1S(=O)(=O)CCCOC. The van der Waals surface area contributed by atoms with E-state index in [9.17, 15) is 8.42 Å². The van der Waals surface area contributed by atoms with Gasteiger partial charge in [0.05, 0.1) is 11.0 Å². The molecule has 1 N–H and O–H groups in total. The van der Waals surface area contributed by atoms with Crippen LogP contribution in [0.15, 0.2) is 0 Å². The number of rotatable bonds is 6. The van der Waals surface area contributed by atoms with E-state index in [1.165, 1.54) is 0 Å². The zero-order valence-electron chi connectivity index (χ0n) is 11.1. The minimum atomic E-state index is -2.99. The van der Waals surface area contributed by atoms with Gasteiger partial charge in [0, 0.05) is 19.8 Å². The highest BCUT2D eigenvalue weighted by Gasteiger charge is 2.36. The normalized spacial score (nSPS) is 30.4. The highest BCUT2D eigenvalue weighted by Crippen LogP contribution is 2.29. The fraction of sp³-hybridized carbons (Fsp3) is 1.00. The van der Waals surface area contributed by atoms with E-state index in [2.05, 4.69) is 12.2 Å². The summed E-state index contributed by atoms with van der Waals surface area (Å²) >= 11 is 0. The Bertz CT molecular complexity index is 316. The molecule has 1 aliphatic carbocycles. The van der Waals surface area contributed by atoms with Crippen LogP contribution in [0, 0.1) is 5.92 Å². The van der Waals surface area contributed by atoms with Gasteiger partial charge in [-0.2, -0.15) is 0 Å². The smallest absolute Gasteiger partial charge is 0.154 e. The lowest BCUT2D eigenvalue weighted by molar-refractivity contribution is 0.199. The van der Waals surface area contributed by atoms with Gasteiger partial charge in [-0.3, -0.25) is 0 Å². The second kappa shape index (κ2) is 6.71. The van der Waals surface area contributed by atoms with Gasteiger partial charge in [0.1, 0.15) is 0 Å². The van der Waals surface area contributed by atoms with Crippen LogP contribution in [0.1, 0.15) is 32.6 Å². The molecular weight excluding hydrogens is 238 g/mol. The van der Waals surface area contributed by atoms with Gasteiger partial charge in [0.25, 0.3) is 0 Å². The van der Waals surface area contributed by atoms with Gasteiger partial charge in [0.2, 0.25) is 0 Å². The van der Waals surface area contributed by atoms with Crippen molar-refractivity contribution < 1.29 is 13.2 Å². The van der Waals surface area contributed by atoms with Crippen LogP contribution >= 0.6 is 0 Å². The molecule has 0 radical (unpaired) electrons. The number of nitrogens with one attached hydrogen (secondary N) is 1. The van der Waals surface area contributed by atoms with Gasteiger partial charge in [0.15, 0.2) is 9.84 Å². The van der Waals surface area contributed by atoms with E-state index in [1.807, 2.05) is 7.05 Å². The van der Waals surface area contributed by atoms with Gasteiger partial charge in [-0.15, -0.1) is 0 Å². The molecule has 0 amide bonds. The van der Waals surface area contributed by atoms with Crippen molar-refractivity contribution in [3.05, 3.63) is 0 Å². The molecule has 0 heterocycles. The van der Waals surface area contributed by atoms with Crippen LogP contribution in [0.5, 0.6) is 0 Å². The van der Waals surface area contributed by atoms with E-state index < -0.39 is 9.84 Å². The molecular formula is C12H25NO3S. The van der Waals surface area contributed by atoms with Crippen LogP contribution in [0.2, 0.25) is 0 Å². The molecule has 102 valence electrons. The minimum absolute atomic E-state index is 0.124. The van der Waals surface area contributed by atoms with Crippen LogP contribution in [0.3, 0.4) is 0 Å². The number of hydrogen-bond donors (Lipinski definition) is 1. The summed E-state index contributed by atoms with van der Waals surface area (Å²) in [6.45, 7) is 2.66. The topological polar surface area (TPSA) is 55.4 Å². The summed E-state index contributed by atoms with van der Waals surface area (Å²) in [5.41, 5.74) is 0. The molecule has 0 bridgehead atoms. The molecule has 1 rings (SSSR count). The summed E-state index contributed by atoms with van der Waals surface area (Å²) in [6.07, 6.45) is 3.47. The maximum absolute atomic E-state index is 12.3. The first-order valence-electron chi connectivity index (χ1n) is 6.39. The average Bonchev–Trinajstić information content (AvgIpc) is 2.29. The number of sulfone groups is 1. The van der Waals surface area contributed by atoms with E-state index in [1.54, 1.807) is 7.11 Å². The van der Waals surface area contributed by atoms with Crippen LogP contribution in [0.25, 0.3) is 0 Å². The van der Waals surface area contributed by atoms with Gasteiger partial charge in [-0.05, 0) is 38.6 Å². The first kappa shape index (κ1) is 14.9. The van der Waals surface area contributed by atoms with Crippen molar-refractivity contribution in [1.82, 2.24) is 5.32 Å². The number of hydrogen-bond acceptors (Lipinski definition) is 4. The Morgan fingerprint density at radius 2 is 2.06 bits per heavy atom. The Hall–Kier alpha value is -0.130. The van der Waals surface area contributed by atoms with Gasteiger partial charge < -0.3 is 10.1 Å². The molecule has 0 spiro atoms. The molecule has 4 nitrogen and oxygen atoms in total. The second-order valence-electron chi connectivity index (χ2n) is 5.07. The Labute approximate surface area is 105 Å². The standard InChI is InChI=1S/C12H25NO3S/c1-10-5-6-11(13-2)12(9-10)17(14,15)8-4-7-16-3/h10-13H,4-9H2,1-3H3. The summed E-state index contributed by atoms with van der Waals surface area (Å²) in [7, 11) is 0.470. The fourth-order valence-corrected chi connectivity index (χ4v) is 4.83. The Balaban J connectivity index is 2.65. The first-order chi connectivity index (χ1) is 8.01. The quantitative estimate of drug-likeness (QED) is 0.732. The highest BCUT2D eigenvalue weighted by atomic mass is 32.2. The van der Waals surface area contributed by atoms with Crippen LogP contribution in [0.4, 0.5) is 0 Å². The van der Waals surface area contributed by atoms with Crippen molar-refractivity contribution in [2.24, 2.45) is 5.92 Å². The summed E-state index contributed by atoms with van der Waals surface area (Å²) < 4.78 is 29.5. The molecule has 0 aromatic rings. The maximum Gasteiger partial charge on any atom is 0.154 e. The zero-order valence-corrected chi connectivity index (χ0v) is 11.9. The third kappa shape index (κ3) is 4.23. The summed E-state index contributed by atoms with van der Waals surface area (Å²) in [4.78, 5) is 0. The molecule has 17 heavy (non-hydrogen) atoms. The molecule has 0 aliphatic heterocycles. The lowest BCUT2D eigenvalue weighted by Gasteiger charge is -2.34. The van der Waals surface area contributed by atoms with Crippen molar-refractivity contribution in [1.29, 1.82) is 0 Å². The van der Waals surface area contributed by atoms with E-state index in [0.29, 0.717) is 18.9 Å². The molecule has 0 aromatic heterocycles. The largest absolute Gasteiger partial charge is 0.385 e. The summed E-state index contributed by atoms with van der Waals surface area (Å²) in [5, 5.41) is 2.95. The molecule has 1 fully saturated rings. The van der Waals surface area contributed by atoms with Crippen molar-refractivity contribution >= 4 is 9.84 Å². The average molecular weight is 263 g/mol. The van der Waals surface area contributed by atoms with Crippen molar-refractivity contribution in [3.8, 4) is 0 Å². The van der Waals surface area contributed by atoms with E-state index in [4.69, 9.17) is 4.74 Å². The maximum atomic E-state index is 12.3.